The molecule has 0 unspecified atom stereocenters. The molecule has 0 spiro atoms. The number of hydrogen-bond donors (Lipinski definition) is 0. The summed E-state index contributed by atoms with van der Waals surface area (Å²) >= 11 is 3.42. The molecule has 0 amide bonds. The van der Waals surface area contributed by atoms with E-state index in [9.17, 15) is 9.18 Å². The van der Waals surface area contributed by atoms with Gasteiger partial charge in [-0.05, 0) is 36.4 Å². The number of pyridine rings is 1. The van der Waals surface area contributed by atoms with E-state index < -0.39 is 11.8 Å². The first-order valence-corrected chi connectivity index (χ1v) is 10.1. The first kappa shape index (κ1) is 20.0. The molecule has 1 heterocycles. The Labute approximate surface area is 181 Å². The van der Waals surface area contributed by atoms with Crippen molar-refractivity contribution in [3.8, 4) is 17.0 Å². The third kappa shape index (κ3) is 4.49. The van der Waals surface area contributed by atoms with Crippen molar-refractivity contribution < 1.29 is 18.7 Å². The van der Waals surface area contributed by atoms with Crippen molar-refractivity contribution in [2.45, 2.75) is 0 Å². The summed E-state index contributed by atoms with van der Waals surface area (Å²) in [6.07, 6.45) is 0. The van der Waals surface area contributed by atoms with Gasteiger partial charge in [0.25, 0.3) is 0 Å². The summed E-state index contributed by atoms with van der Waals surface area (Å²) in [5, 5.41) is 0.707. The van der Waals surface area contributed by atoms with E-state index in [4.69, 9.17) is 9.47 Å². The third-order valence-corrected chi connectivity index (χ3v) is 5.02. The van der Waals surface area contributed by atoms with Crippen LogP contribution in [0.1, 0.15) is 10.4 Å². The largest absolute Gasteiger partial charge is 0.487 e. The fraction of sp³-hybridized carbons (Fsp3) is 0.0833. The van der Waals surface area contributed by atoms with Crippen LogP contribution in [-0.2, 0) is 4.74 Å². The number of nitrogens with zero attached hydrogens (tertiary/aromatic N) is 1. The predicted octanol–water partition coefficient (Wildman–Crippen LogP) is 6.04. The van der Waals surface area contributed by atoms with E-state index in [-0.39, 0.29) is 19.0 Å². The van der Waals surface area contributed by atoms with E-state index >= 15 is 0 Å². The maximum atomic E-state index is 13.6. The Kier molecular flexibility index (Phi) is 6.05. The molecule has 30 heavy (non-hydrogen) atoms. The zero-order chi connectivity index (χ0) is 20.9. The van der Waals surface area contributed by atoms with Gasteiger partial charge in [-0.25, -0.2) is 14.2 Å². The van der Waals surface area contributed by atoms with Gasteiger partial charge in [0.05, 0.1) is 16.8 Å². The van der Waals surface area contributed by atoms with Gasteiger partial charge in [-0.2, -0.15) is 0 Å². The van der Waals surface area contributed by atoms with Crippen molar-refractivity contribution in [2.75, 3.05) is 13.2 Å². The summed E-state index contributed by atoms with van der Waals surface area (Å²) in [5.41, 5.74) is 2.69. The van der Waals surface area contributed by atoms with Crippen molar-refractivity contribution >= 4 is 32.8 Å². The molecule has 6 heteroatoms. The maximum absolute atomic E-state index is 13.6. The number of benzene rings is 3. The average Bonchev–Trinajstić information content (AvgIpc) is 2.77. The number of halogens is 2. The molecule has 0 fully saturated rings. The summed E-state index contributed by atoms with van der Waals surface area (Å²) in [5.74, 6) is -0.812. The van der Waals surface area contributed by atoms with Gasteiger partial charge < -0.3 is 9.47 Å². The number of rotatable bonds is 6. The molecule has 0 N–H and O–H groups in total. The van der Waals surface area contributed by atoms with Gasteiger partial charge in [0.15, 0.2) is 11.6 Å². The van der Waals surface area contributed by atoms with E-state index in [1.165, 1.54) is 12.1 Å². The quantitative estimate of drug-likeness (QED) is 0.257. The van der Waals surface area contributed by atoms with Crippen molar-refractivity contribution in [3.05, 3.63) is 94.7 Å². The molecule has 4 aromatic rings. The number of esters is 1. The molecular weight excluding hydrogens is 449 g/mol. The zero-order valence-electron chi connectivity index (χ0n) is 15.8. The van der Waals surface area contributed by atoms with E-state index in [2.05, 4.69) is 20.9 Å². The van der Waals surface area contributed by atoms with Gasteiger partial charge >= 0.3 is 5.97 Å². The molecule has 0 aliphatic heterocycles. The van der Waals surface area contributed by atoms with Crippen molar-refractivity contribution in [3.63, 3.8) is 0 Å². The van der Waals surface area contributed by atoms with E-state index in [0.717, 1.165) is 10.0 Å². The highest BCUT2D eigenvalue weighted by Gasteiger charge is 2.15. The smallest absolute Gasteiger partial charge is 0.339 e. The molecule has 0 saturated carbocycles. The second-order valence-electron chi connectivity index (χ2n) is 6.49. The minimum atomic E-state index is -0.482. The van der Waals surface area contributed by atoms with Crippen LogP contribution in [0.4, 0.5) is 4.39 Å². The number of ether oxygens (including phenoxy) is 2. The molecule has 0 radical (unpaired) electrons. The molecule has 0 bridgehead atoms. The molecule has 4 nitrogen and oxygen atoms in total. The minimum Gasteiger partial charge on any atom is -0.487 e. The molecule has 3 aromatic carbocycles. The summed E-state index contributed by atoms with van der Waals surface area (Å²) in [6, 6.07) is 22.9. The maximum Gasteiger partial charge on any atom is 0.339 e. The van der Waals surface area contributed by atoms with Gasteiger partial charge in [0, 0.05) is 15.4 Å². The monoisotopic (exact) mass is 465 g/mol. The van der Waals surface area contributed by atoms with Crippen molar-refractivity contribution in [2.24, 2.45) is 0 Å². The standard InChI is InChI=1S/C24H17BrFNO3/c25-17-11-9-16(10-12-17)22-15-19(18-5-1-3-7-21(18)27-22)24(28)30-14-13-29-23-8-4-2-6-20(23)26/h1-12,15H,13-14H2. The van der Waals surface area contributed by atoms with Crippen LogP contribution in [0, 0.1) is 5.82 Å². The molecule has 0 aliphatic carbocycles. The third-order valence-electron chi connectivity index (χ3n) is 4.49. The van der Waals surface area contributed by atoms with E-state index in [1.807, 2.05) is 48.5 Å². The molecule has 4 rings (SSSR count). The highest BCUT2D eigenvalue weighted by atomic mass is 79.9. The van der Waals surface area contributed by atoms with Crippen LogP contribution in [0.15, 0.2) is 83.3 Å². The Morgan fingerprint density at radius 2 is 1.67 bits per heavy atom. The molecule has 150 valence electrons. The molecule has 0 atom stereocenters. The fourth-order valence-corrected chi connectivity index (χ4v) is 3.30. The van der Waals surface area contributed by atoms with Crippen LogP contribution in [0.2, 0.25) is 0 Å². The van der Waals surface area contributed by atoms with Gasteiger partial charge in [-0.3, -0.25) is 0 Å². The van der Waals surface area contributed by atoms with Gasteiger partial charge in [-0.15, -0.1) is 0 Å². The van der Waals surface area contributed by atoms with Crippen LogP contribution in [0.5, 0.6) is 5.75 Å². The number of hydrogen-bond acceptors (Lipinski definition) is 4. The van der Waals surface area contributed by atoms with Crippen molar-refractivity contribution in [1.29, 1.82) is 0 Å². The predicted molar refractivity (Wildman–Crippen MR) is 117 cm³/mol. The lowest BCUT2D eigenvalue weighted by Gasteiger charge is -2.11. The Bertz CT molecular complexity index is 1190. The number of carbonyl (C=O) groups is 1. The van der Waals surface area contributed by atoms with Crippen LogP contribution < -0.4 is 4.74 Å². The topological polar surface area (TPSA) is 48.4 Å². The first-order valence-electron chi connectivity index (χ1n) is 9.32. The normalized spacial score (nSPS) is 10.7. The highest BCUT2D eigenvalue weighted by Crippen LogP contribution is 2.26. The van der Waals surface area contributed by atoms with Crippen molar-refractivity contribution in [1.82, 2.24) is 4.98 Å². The number of fused-ring (bicyclic) bond motifs is 1. The van der Waals surface area contributed by atoms with E-state index in [0.29, 0.717) is 22.2 Å². The van der Waals surface area contributed by atoms with Gasteiger partial charge in [0.2, 0.25) is 0 Å². The molecule has 1 aromatic heterocycles. The van der Waals surface area contributed by atoms with E-state index in [1.54, 1.807) is 18.2 Å². The average molecular weight is 466 g/mol. The lowest BCUT2D eigenvalue weighted by molar-refractivity contribution is 0.0450. The second-order valence-corrected chi connectivity index (χ2v) is 7.41. The van der Waals surface area contributed by atoms with Crippen LogP contribution in [0.3, 0.4) is 0 Å². The van der Waals surface area contributed by atoms with Gasteiger partial charge in [0.1, 0.15) is 13.2 Å². The van der Waals surface area contributed by atoms with Gasteiger partial charge in [-0.1, -0.05) is 58.4 Å². The van der Waals surface area contributed by atoms with Crippen LogP contribution >= 0.6 is 15.9 Å². The Morgan fingerprint density at radius 1 is 0.933 bits per heavy atom. The number of para-hydroxylation sites is 2. The Balaban J connectivity index is 1.54. The fourth-order valence-electron chi connectivity index (χ4n) is 3.04. The summed E-state index contributed by atoms with van der Waals surface area (Å²) in [7, 11) is 0. The molecular formula is C24H17BrFNO3. The number of aromatic nitrogens is 1. The molecule has 0 aliphatic rings. The summed E-state index contributed by atoms with van der Waals surface area (Å²) in [6.45, 7) is 0.0483. The Hall–Kier alpha value is -3.25. The van der Waals surface area contributed by atoms with Crippen LogP contribution in [0.25, 0.3) is 22.2 Å². The minimum absolute atomic E-state index is 0.00255. The first-order chi connectivity index (χ1) is 14.6. The zero-order valence-corrected chi connectivity index (χ0v) is 17.4. The SMILES string of the molecule is O=C(OCCOc1ccccc1F)c1cc(-c2ccc(Br)cc2)nc2ccccc12. The highest BCUT2D eigenvalue weighted by molar-refractivity contribution is 9.10. The van der Waals surface area contributed by atoms with Crippen LogP contribution in [-0.4, -0.2) is 24.2 Å². The molecule has 0 saturated heterocycles. The summed E-state index contributed by atoms with van der Waals surface area (Å²) in [4.78, 5) is 17.5. The number of carbonyl (C=O) groups excluding carboxylic acids is 1. The Morgan fingerprint density at radius 3 is 2.47 bits per heavy atom. The second kappa shape index (κ2) is 9.05. The summed E-state index contributed by atoms with van der Waals surface area (Å²) < 4.78 is 25.3. The lowest BCUT2D eigenvalue weighted by atomic mass is 10.0. The lowest BCUT2D eigenvalue weighted by Crippen LogP contribution is -2.13.